The van der Waals surface area contributed by atoms with Crippen molar-refractivity contribution in [2.75, 3.05) is 25.7 Å². The molecule has 3 heterocycles. The maximum Gasteiger partial charge on any atom is 0.209 e. The largest absolute Gasteiger partial charge is 0.495 e. The molecular weight excluding hydrogens is 390 g/mol. The highest BCUT2D eigenvalue weighted by molar-refractivity contribution is 6.08. The van der Waals surface area contributed by atoms with Gasteiger partial charge in [0.1, 0.15) is 17.3 Å². The summed E-state index contributed by atoms with van der Waals surface area (Å²) in [5.74, 6) is 3.19. The molecule has 1 fully saturated rings. The zero-order valence-corrected chi connectivity index (χ0v) is 17.9. The SMILES string of the molecule is COC1=CC(C)C23CCN(c4ccc(Oc5cccnc5)cc4)C2=CC=C(OC)C3=N1. The summed E-state index contributed by atoms with van der Waals surface area (Å²) in [6, 6.07) is 11.9. The van der Waals surface area contributed by atoms with Crippen LogP contribution in [0, 0.1) is 11.3 Å². The number of nitrogens with zero attached hydrogens (tertiary/aromatic N) is 3. The van der Waals surface area contributed by atoms with E-state index in [9.17, 15) is 0 Å². The number of rotatable bonds is 5. The fourth-order valence-electron chi connectivity index (χ4n) is 4.83. The number of pyridine rings is 1. The van der Waals surface area contributed by atoms with Crippen molar-refractivity contribution in [3.05, 3.63) is 84.4 Å². The molecule has 2 aliphatic heterocycles. The molecule has 1 spiro atoms. The second-order valence-electron chi connectivity index (χ2n) is 7.90. The third kappa shape index (κ3) is 3.10. The molecule has 0 radical (unpaired) electrons. The molecule has 2 aromatic rings. The van der Waals surface area contributed by atoms with Crippen LogP contribution in [0.2, 0.25) is 0 Å². The fraction of sp³-hybridized carbons (Fsp3) is 0.280. The van der Waals surface area contributed by atoms with E-state index in [1.807, 2.05) is 30.3 Å². The van der Waals surface area contributed by atoms with Crippen molar-refractivity contribution in [2.45, 2.75) is 13.3 Å². The van der Waals surface area contributed by atoms with Crippen molar-refractivity contribution < 1.29 is 14.2 Å². The van der Waals surface area contributed by atoms with Crippen LogP contribution < -0.4 is 9.64 Å². The Bertz CT molecular complexity index is 1100. The smallest absolute Gasteiger partial charge is 0.209 e. The van der Waals surface area contributed by atoms with Gasteiger partial charge in [-0.1, -0.05) is 6.92 Å². The number of hydrogen-bond acceptors (Lipinski definition) is 6. The topological polar surface area (TPSA) is 56.2 Å². The number of methoxy groups -OCH3 is 2. The minimum absolute atomic E-state index is 0.215. The van der Waals surface area contributed by atoms with Crippen LogP contribution >= 0.6 is 0 Å². The van der Waals surface area contributed by atoms with Gasteiger partial charge in [0.2, 0.25) is 5.88 Å². The Morgan fingerprint density at radius 2 is 1.87 bits per heavy atom. The van der Waals surface area contributed by atoms with E-state index in [1.54, 1.807) is 26.6 Å². The minimum Gasteiger partial charge on any atom is -0.495 e. The first-order valence-corrected chi connectivity index (χ1v) is 10.4. The van der Waals surface area contributed by atoms with E-state index in [-0.39, 0.29) is 11.3 Å². The molecule has 1 aliphatic carbocycles. The Kier molecular flexibility index (Phi) is 4.77. The molecule has 2 atom stereocenters. The number of allylic oxidation sites excluding steroid dienone is 5. The number of aliphatic imine (C=N–C) groups is 1. The van der Waals surface area contributed by atoms with E-state index in [4.69, 9.17) is 19.2 Å². The summed E-state index contributed by atoms with van der Waals surface area (Å²) in [4.78, 5) is 11.3. The summed E-state index contributed by atoms with van der Waals surface area (Å²) < 4.78 is 17.0. The van der Waals surface area contributed by atoms with Gasteiger partial charge in [0.05, 0.1) is 31.5 Å². The minimum atomic E-state index is -0.215. The van der Waals surface area contributed by atoms with Crippen molar-refractivity contribution in [3.8, 4) is 11.5 Å². The highest BCUT2D eigenvalue weighted by atomic mass is 16.5. The summed E-state index contributed by atoms with van der Waals surface area (Å²) in [7, 11) is 3.36. The van der Waals surface area contributed by atoms with Crippen LogP contribution in [0.15, 0.2) is 89.4 Å². The molecule has 5 rings (SSSR count). The lowest BCUT2D eigenvalue weighted by Gasteiger charge is -2.42. The van der Waals surface area contributed by atoms with Crippen LogP contribution in [-0.2, 0) is 9.47 Å². The average molecular weight is 415 g/mol. The molecule has 0 bridgehead atoms. The molecule has 6 nitrogen and oxygen atoms in total. The normalized spacial score (nSPS) is 24.2. The molecule has 2 unspecified atom stereocenters. The first-order valence-electron chi connectivity index (χ1n) is 10.4. The zero-order valence-electron chi connectivity index (χ0n) is 17.9. The van der Waals surface area contributed by atoms with Crippen LogP contribution in [0.5, 0.6) is 11.5 Å². The van der Waals surface area contributed by atoms with Crippen molar-refractivity contribution in [3.63, 3.8) is 0 Å². The van der Waals surface area contributed by atoms with E-state index in [0.717, 1.165) is 41.6 Å². The number of aromatic nitrogens is 1. The van der Waals surface area contributed by atoms with E-state index >= 15 is 0 Å². The third-order valence-electron chi connectivity index (χ3n) is 6.37. The monoisotopic (exact) mass is 415 g/mol. The van der Waals surface area contributed by atoms with E-state index in [2.05, 4.69) is 41.1 Å². The molecule has 158 valence electrons. The Balaban J connectivity index is 1.47. The number of benzene rings is 1. The summed E-state index contributed by atoms with van der Waals surface area (Å²) in [5.41, 5.74) is 3.11. The van der Waals surface area contributed by atoms with Crippen molar-refractivity contribution in [2.24, 2.45) is 16.3 Å². The molecule has 1 saturated heterocycles. The van der Waals surface area contributed by atoms with Crippen LogP contribution in [0.25, 0.3) is 0 Å². The first kappa shape index (κ1) is 19.4. The van der Waals surface area contributed by atoms with E-state index < -0.39 is 0 Å². The van der Waals surface area contributed by atoms with Gasteiger partial charge in [0.15, 0.2) is 0 Å². The summed E-state index contributed by atoms with van der Waals surface area (Å²) in [5, 5.41) is 0. The van der Waals surface area contributed by atoms with Crippen molar-refractivity contribution in [1.82, 2.24) is 4.98 Å². The molecule has 0 saturated carbocycles. The highest BCUT2D eigenvalue weighted by Gasteiger charge is 2.54. The summed E-state index contributed by atoms with van der Waals surface area (Å²) >= 11 is 0. The number of ether oxygens (including phenoxy) is 3. The maximum absolute atomic E-state index is 5.89. The van der Waals surface area contributed by atoms with Crippen LogP contribution in [0.3, 0.4) is 0 Å². The molecule has 0 amide bonds. The van der Waals surface area contributed by atoms with Gasteiger partial charge >= 0.3 is 0 Å². The second kappa shape index (κ2) is 7.61. The van der Waals surface area contributed by atoms with Gasteiger partial charge in [-0.15, -0.1) is 0 Å². The fourth-order valence-corrected chi connectivity index (χ4v) is 4.83. The number of hydrogen-bond donors (Lipinski definition) is 0. The Morgan fingerprint density at radius 3 is 2.58 bits per heavy atom. The average Bonchev–Trinajstić information content (AvgIpc) is 3.20. The van der Waals surface area contributed by atoms with Gasteiger partial charge in [-0.2, -0.15) is 0 Å². The Labute approximate surface area is 182 Å². The first-order chi connectivity index (χ1) is 15.2. The lowest BCUT2D eigenvalue weighted by atomic mass is 9.66. The lowest BCUT2D eigenvalue weighted by Crippen LogP contribution is -2.43. The second-order valence-corrected chi connectivity index (χ2v) is 7.90. The third-order valence-corrected chi connectivity index (χ3v) is 6.37. The highest BCUT2D eigenvalue weighted by Crippen LogP contribution is 2.54. The molecule has 0 N–H and O–H groups in total. The standard InChI is InChI=1S/C25H25N3O3/c1-17-15-23(30-3)27-24-21(29-2)10-11-22-25(17,24)12-14-28(22)18-6-8-19(9-7-18)31-20-5-4-13-26-16-20/h4-11,13,15-17H,12,14H2,1-3H3. The van der Waals surface area contributed by atoms with Crippen LogP contribution in [-0.4, -0.2) is 31.5 Å². The Morgan fingerprint density at radius 1 is 1.03 bits per heavy atom. The predicted molar refractivity (Wildman–Crippen MR) is 120 cm³/mol. The zero-order chi connectivity index (χ0) is 21.4. The van der Waals surface area contributed by atoms with Crippen molar-refractivity contribution in [1.29, 1.82) is 0 Å². The van der Waals surface area contributed by atoms with E-state index in [0.29, 0.717) is 5.88 Å². The molecule has 31 heavy (non-hydrogen) atoms. The van der Waals surface area contributed by atoms with Gasteiger partial charge in [-0.05, 0) is 67.0 Å². The van der Waals surface area contributed by atoms with Gasteiger partial charge < -0.3 is 19.1 Å². The molecule has 1 aromatic heterocycles. The predicted octanol–water partition coefficient (Wildman–Crippen LogP) is 5.08. The number of anilines is 1. The quantitative estimate of drug-likeness (QED) is 0.682. The van der Waals surface area contributed by atoms with Crippen LogP contribution in [0.1, 0.15) is 13.3 Å². The van der Waals surface area contributed by atoms with Gasteiger partial charge in [0, 0.05) is 24.1 Å². The summed E-state index contributed by atoms with van der Waals surface area (Å²) in [6.07, 6.45) is 10.7. The Hall–Kier alpha value is -3.54. The van der Waals surface area contributed by atoms with E-state index in [1.165, 1.54) is 5.70 Å². The van der Waals surface area contributed by atoms with Gasteiger partial charge in [-0.25, -0.2) is 4.99 Å². The molecular formula is C25H25N3O3. The molecule has 1 aromatic carbocycles. The summed E-state index contributed by atoms with van der Waals surface area (Å²) in [6.45, 7) is 3.13. The maximum atomic E-state index is 5.89. The van der Waals surface area contributed by atoms with Gasteiger partial charge in [-0.3, -0.25) is 4.98 Å². The molecule has 3 aliphatic rings. The van der Waals surface area contributed by atoms with Gasteiger partial charge in [0.25, 0.3) is 0 Å². The van der Waals surface area contributed by atoms with Crippen LogP contribution in [0.4, 0.5) is 5.69 Å². The molecule has 6 heteroatoms. The van der Waals surface area contributed by atoms with Crippen molar-refractivity contribution >= 4 is 11.4 Å². The lowest BCUT2D eigenvalue weighted by molar-refractivity contribution is 0.257.